The number of aryl methyl sites for hydroxylation is 2. The van der Waals surface area contributed by atoms with Crippen LogP contribution in [0.3, 0.4) is 0 Å². The summed E-state index contributed by atoms with van der Waals surface area (Å²) in [4.78, 5) is 24.8. The topological polar surface area (TPSA) is 73.0 Å². The van der Waals surface area contributed by atoms with Crippen LogP contribution in [0.25, 0.3) is 11.0 Å². The molecule has 1 amide bonds. The molecule has 1 heterocycles. The van der Waals surface area contributed by atoms with Gasteiger partial charge in [0, 0.05) is 19.0 Å². The average molecular weight is 333 g/mol. The number of rotatable bonds is 7. The minimum absolute atomic E-state index is 0.0636. The van der Waals surface area contributed by atoms with Crippen molar-refractivity contribution in [1.29, 1.82) is 0 Å². The quantitative estimate of drug-likeness (QED) is 0.570. The van der Waals surface area contributed by atoms with E-state index in [1.54, 1.807) is 6.07 Å². The van der Waals surface area contributed by atoms with E-state index in [2.05, 4.69) is 19.4 Å². The molecule has 0 aliphatic carbocycles. The van der Waals surface area contributed by atoms with E-state index in [1.165, 1.54) is 11.0 Å². The number of hydrogen-bond donors (Lipinski definition) is 2. The second kappa shape index (κ2) is 7.97. The van der Waals surface area contributed by atoms with Crippen LogP contribution in [0.15, 0.2) is 27.4 Å². The third-order valence-corrected chi connectivity index (χ3v) is 3.68. The van der Waals surface area contributed by atoms with Crippen LogP contribution in [0, 0.1) is 13.8 Å². The highest BCUT2D eigenvalue weighted by molar-refractivity contribution is 5.88. The minimum Gasteiger partial charge on any atom is -0.483 e. The van der Waals surface area contributed by atoms with E-state index >= 15 is 0 Å². The van der Waals surface area contributed by atoms with Gasteiger partial charge in [0.1, 0.15) is 11.3 Å². The van der Waals surface area contributed by atoms with Crippen molar-refractivity contribution in [2.75, 3.05) is 33.8 Å². The summed E-state index contributed by atoms with van der Waals surface area (Å²) >= 11 is 0. The fraction of sp³-hybridized carbons (Fsp3) is 0.444. The first kappa shape index (κ1) is 18.0. The fourth-order valence-electron chi connectivity index (χ4n) is 2.55. The second-order valence-electron chi connectivity index (χ2n) is 6.33. The molecule has 130 valence electrons. The maximum Gasteiger partial charge on any atom is 0.336 e. The van der Waals surface area contributed by atoms with Gasteiger partial charge in [0.15, 0.2) is 6.61 Å². The number of benzene rings is 1. The first-order valence-corrected chi connectivity index (χ1v) is 8.10. The predicted octanol–water partition coefficient (Wildman–Crippen LogP) is 0.439. The van der Waals surface area contributed by atoms with Crippen molar-refractivity contribution in [3.05, 3.63) is 39.7 Å². The molecule has 0 radical (unpaired) electrons. The smallest absolute Gasteiger partial charge is 0.336 e. The predicted molar refractivity (Wildman–Crippen MR) is 92.8 cm³/mol. The van der Waals surface area contributed by atoms with Gasteiger partial charge in [-0.15, -0.1) is 0 Å². The zero-order chi connectivity index (χ0) is 17.7. The molecule has 0 bridgehead atoms. The molecule has 2 aromatic rings. The fourth-order valence-corrected chi connectivity index (χ4v) is 2.55. The molecule has 0 aliphatic rings. The van der Waals surface area contributed by atoms with E-state index in [9.17, 15) is 9.59 Å². The van der Waals surface area contributed by atoms with Crippen LogP contribution in [-0.4, -0.2) is 39.7 Å². The van der Waals surface area contributed by atoms with Crippen molar-refractivity contribution in [2.45, 2.75) is 20.3 Å². The van der Waals surface area contributed by atoms with Crippen LogP contribution >= 0.6 is 0 Å². The van der Waals surface area contributed by atoms with Gasteiger partial charge in [0.2, 0.25) is 0 Å². The van der Waals surface area contributed by atoms with Crippen LogP contribution in [0.4, 0.5) is 0 Å². The molecule has 1 aromatic heterocycles. The molecule has 0 fully saturated rings. The van der Waals surface area contributed by atoms with E-state index < -0.39 is 5.63 Å². The molecule has 6 heteroatoms. The molecular formula is C18H25N2O4+. The maximum atomic E-state index is 11.9. The molecular weight excluding hydrogens is 308 g/mol. The SMILES string of the molecule is Cc1cc(OCC(=O)NCCC[NH+](C)C)c2c(C)cc(=O)oc2c1. The van der Waals surface area contributed by atoms with Gasteiger partial charge in [-0.25, -0.2) is 4.79 Å². The molecule has 2 rings (SSSR count). The largest absolute Gasteiger partial charge is 0.483 e. The highest BCUT2D eigenvalue weighted by Gasteiger charge is 2.11. The Kier molecular flexibility index (Phi) is 5.98. The van der Waals surface area contributed by atoms with Crippen molar-refractivity contribution in [2.24, 2.45) is 0 Å². The molecule has 2 N–H and O–H groups in total. The van der Waals surface area contributed by atoms with Gasteiger partial charge in [0.05, 0.1) is 26.0 Å². The Morgan fingerprint density at radius 3 is 2.71 bits per heavy atom. The molecule has 0 saturated carbocycles. The molecule has 6 nitrogen and oxygen atoms in total. The summed E-state index contributed by atoms with van der Waals surface area (Å²) in [5.41, 5.74) is 1.76. The van der Waals surface area contributed by atoms with Crippen molar-refractivity contribution in [3.8, 4) is 5.75 Å². The van der Waals surface area contributed by atoms with Gasteiger partial charge in [-0.05, 0) is 37.1 Å². The lowest BCUT2D eigenvalue weighted by Crippen LogP contribution is -3.05. The van der Waals surface area contributed by atoms with E-state index in [0.29, 0.717) is 17.9 Å². The van der Waals surface area contributed by atoms with Crippen LogP contribution in [-0.2, 0) is 4.79 Å². The number of quaternary nitrogens is 1. The second-order valence-corrected chi connectivity index (χ2v) is 6.33. The highest BCUT2D eigenvalue weighted by atomic mass is 16.5. The van der Waals surface area contributed by atoms with Gasteiger partial charge >= 0.3 is 5.63 Å². The van der Waals surface area contributed by atoms with Crippen molar-refractivity contribution in [1.82, 2.24) is 5.32 Å². The van der Waals surface area contributed by atoms with Gasteiger partial charge in [0.25, 0.3) is 5.91 Å². The number of fused-ring (bicyclic) bond motifs is 1. The summed E-state index contributed by atoms with van der Waals surface area (Å²) < 4.78 is 10.9. The van der Waals surface area contributed by atoms with Crippen LogP contribution in [0.5, 0.6) is 5.75 Å². The Morgan fingerprint density at radius 1 is 1.25 bits per heavy atom. The standard InChI is InChI=1S/C18H24N2O4/c1-12-8-14(18-13(2)10-17(22)24-15(18)9-12)23-11-16(21)19-6-5-7-20(3)4/h8-10H,5-7,11H2,1-4H3,(H,19,21)/p+1. The summed E-state index contributed by atoms with van der Waals surface area (Å²) in [6.45, 7) is 5.28. The lowest BCUT2D eigenvalue weighted by atomic mass is 10.1. The molecule has 1 aromatic carbocycles. The third kappa shape index (κ3) is 4.83. The number of amides is 1. The number of nitrogens with one attached hydrogen (secondary N) is 2. The van der Waals surface area contributed by atoms with Gasteiger partial charge in [-0.1, -0.05) is 0 Å². The summed E-state index contributed by atoms with van der Waals surface area (Å²) in [6, 6.07) is 5.06. The Labute approximate surface area is 141 Å². The van der Waals surface area contributed by atoms with Crippen LogP contribution in [0.2, 0.25) is 0 Å². The van der Waals surface area contributed by atoms with Gasteiger partial charge < -0.3 is 19.4 Å². The van der Waals surface area contributed by atoms with Crippen molar-refractivity contribution < 1.29 is 18.8 Å². The van der Waals surface area contributed by atoms with E-state index in [0.717, 1.165) is 29.5 Å². The van der Waals surface area contributed by atoms with Gasteiger partial charge in [-0.2, -0.15) is 0 Å². The molecule has 0 unspecified atom stereocenters. The third-order valence-electron chi connectivity index (χ3n) is 3.68. The molecule has 24 heavy (non-hydrogen) atoms. The monoisotopic (exact) mass is 333 g/mol. The summed E-state index contributed by atoms with van der Waals surface area (Å²) in [5, 5.41) is 3.57. The van der Waals surface area contributed by atoms with E-state index in [1.807, 2.05) is 19.9 Å². The first-order chi connectivity index (χ1) is 11.4. The Bertz CT molecular complexity index is 780. The molecule has 0 spiro atoms. The zero-order valence-corrected chi connectivity index (χ0v) is 14.7. The molecule has 0 saturated heterocycles. The first-order valence-electron chi connectivity index (χ1n) is 8.10. The van der Waals surface area contributed by atoms with Gasteiger partial charge in [-0.3, -0.25) is 4.79 Å². The van der Waals surface area contributed by atoms with Crippen LogP contribution < -0.4 is 20.6 Å². The maximum absolute atomic E-state index is 11.9. The lowest BCUT2D eigenvalue weighted by molar-refractivity contribution is -0.858. The van der Waals surface area contributed by atoms with Crippen LogP contribution in [0.1, 0.15) is 17.5 Å². The number of hydrogen-bond acceptors (Lipinski definition) is 4. The minimum atomic E-state index is -0.391. The molecule has 0 atom stereocenters. The number of carbonyl (C=O) groups excluding carboxylic acids is 1. The zero-order valence-electron chi connectivity index (χ0n) is 14.7. The molecule has 0 aliphatic heterocycles. The Hall–Kier alpha value is -2.34. The summed E-state index contributed by atoms with van der Waals surface area (Å²) in [5.74, 6) is 0.396. The van der Waals surface area contributed by atoms with Crippen molar-refractivity contribution in [3.63, 3.8) is 0 Å². The number of carbonyl (C=O) groups is 1. The number of ether oxygens (including phenoxy) is 1. The van der Waals surface area contributed by atoms with E-state index in [-0.39, 0.29) is 12.5 Å². The Balaban J connectivity index is 2.05. The lowest BCUT2D eigenvalue weighted by Gasteiger charge is -2.12. The van der Waals surface area contributed by atoms with Crippen molar-refractivity contribution >= 4 is 16.9 Å². The highest BCUT2D eigenvalue weighted by Crippen LogP contribution is 2.29. The Morgan fingerprint density at radius 2 is 2.00 bits per heavy atom. The average Bonchev–Trinajstić information content (AvgIpc) is 2.48. The normalized spacial score (nSPS) is 11.0. The summed E-state index contributed by atoms with van der Waals surface area (Å²) in [6.07, 6.45) is 0.922. The summed E-state index contributed by atoms with van der Waals surface area (Å²) in [7, 11) is 4.16. The van der Waals surface area contributed by atoms with E-state index in [4.69, 9.17) is 9.15 Å².